The normalized spacial score (nSPS) is 10.4. The molecule has 2 aromatic rings. The van der Waals surface area contributed by atoms with Crippen molar-refractivity contribution in [2.45, 2.75) is 10.8 Å². The molecule has 0 saturated heterocycles. The monoisotopic (exact) mass is 252 g/mol. The van der Waals surface area contributed by atoms with Crippen LogP contribution in [0, 0.1) is 5.82 Å². The highest BCUT2D eigenvalue weighted by atomic mass is 32.2. The molecular formula is C12H9FO3S. The van der Waals surface area contributed by atoms with E-state index in [9.17, 15) is 9.18 Å². The molecule has 0 fully saturated rings. The second-order valence-corrected chi connectivity index (χ2v) is 4.28. The van der Waals surface area contributed by atoms with E-state index in [4.69, 9.17) is 9.52 Å². The van der Waals surface area contributed by atoms with Gasteiger partial charge in [0.25, 0.3) is 0 Å². The van der Waals surface area contributed by atoms with E-state index in [2.05, 4.69) is 0 Å². The third-order valence-electron chi connectivity index (χ3n) is 2.12. The van der Waals surface area contributed by atoms with Gasteiger partial charge in [-0.15, -0.1) is 0 Å². The smallest absolute Gasteiger partial charge is 0.371 e. The number of rotatable bonds is 4. The van der Waals surface area contributed by atoms with E-state index < -0.39 is 5.97 Å². The molecule has 1 heterocycles. The maximum Gasteiger partial charge on any atom is 0.371 e. The molecule has 0 bridgehead atoms. The van der Waals surface area contributed by atoms with Crippen molar-refractivity contribution in [2.75, 3.05) is 0 Å². The predicted molar refractivity (Wildman–Crippen MR) is 61.6 cm³/mol. The minimum absolute atomic E-state index is 0.110. The van der Waals surface area contributed by atoms with Crippen LogP contribution in [0.15, 0.2) is 45.9 Å². The summed E-state index contributed by atoms with van der Waals surface area (Å²) >= 11 is 1.26. The van der Waals surface area contributed by atoms with Crippen LogP contribution in [0.1, 0.15) is 16.1 Å². The number of thioether (sulfide) groups is 1. The third-order valence-corrected chi connectivity index (χ3v) is 3.08. The molecule has 0 spiro atoms. The summed E-state index contributed by atoms with van der Waals surface area (Å²) in [6.45, 7) is 0. The Bertz CT molecular complexity index is 536. The lowest BCUT2D eigenvalue weighted by Gasteiger charge is -2.00. The van der Waals surface area contributed by atoms with Crippen LogP contribution in [0.2, 0.25) is 0 Å². The number of carboxylic acid groups (broad SMARTS) is 1. The minimum Gasteiger partial charge on any atom is -0.475 e. The quantitative estimate of drug-likeness (QED) is 0.847. The first-order chi connectivity index (χ1) is 8.16. The van der Waals surface area contributed by atoms with Crippen LogP contribution in [0.4, 0.5) is 4.39 Å². The van der Waals surface area contributed by atoms with Crippen molar-refractivity contribution >= 4 is 17.7 Å². The number of aromatic carboxylic acids is 1. The predicted octanol–water partition coefficient (Wildman–Crippen LogP) is 3.41. The van der Waals surface area contributed by atoms with Gasteiger partial charge in [-0.3, -0.25) is 0 Å². The van der Waals surface area contributed by atoms with Crippen LogP contribution in [-0.2, 0) is 5.75 Å². The summed E-state index contributed by atoms with van der Waals surface area (Å²) in [4.78, 5) is 10.6. The molecule has 0 unspecified atom stereocenters. The van der Waals surface area contributed by atoms with Crippen molar-refractivity contribution in [2.24, 2.45) is 0 Å². The molecule has 0 aliphatic carbocycles. The number of carbonyl (C=O) groups is 1. The highest BCUT2D eigenvalue weighted by Gasteiger charge is 2.10. The highest BCUT2D eigenvalue weighted by molar-refractivity contribution is 7.98. The highest BCUT2D eigenvalue weighted by Crippen LogP contribution is 2.25. The Balaban J connectivity index is 2.02. The molecule has 0 aliphatic rings. The summed E-state index contributed by atoms with van der Waals surface area (Å²) in [5.41, 5.74) is 0.561. The van der Waals surface area contributed by atoms with Crippen LogP contribution in [0.5, 0.6) is 0 Å². The molecular weight excluding hydrogens is 243 g/mol. The summed E-state index contributed by atoms with van der Waals surface area (Å²) in [6, 6.07) is 9.40. The van der Waals surface area contributed by atoms with Gasteiger partial charge in [0.1, 0.15) is 5.82 Å². The zero-order valence-electron chi connectivity index (χ0n) is 8.72. The van der Waals surface area contributed by atoms with E-state index in [0.717, 1.165) is 0 Å². The lowest BCUT2D eigenvalue weighted by atomic mass is 10.2. The van der Waals surface area contributed by atoms with E-state index in [1.807, 2.05) is 0 Å². The number of hydrogen-bond acceptors (Lipinski definition) is 3. The van der Waals surface area contributed by atoms with Crippen molar-refractivity contribution in [1.82, 2.24) is 0 Å². The Labute approximate surface area is 101 Å². The SMILES string of the molecule is O=C(O)c1ccc(SCc2ccccc2F)o1. The first kappa shape index (κ1) is 11.7. The van der Waals surface area contributed by atoms with Crippen molar-refractivity contribution < 1.29 is 18.7 Å². The Morgan fingerprint density at radius 2 is 2.06 bits per heavy atom. The summed E-state index contributed by atoms with van der Waals surface area (Å²) in [5, 5.41) is 9.13. The molecule has 17 heavy (non-hydrogen) atoms. The molecule has 1 aromatic heterocycles. The van der Waals surface area contributed by atoms with Gasteiger partial charge in [0.2, 0.25) is 5.76 Å². The van der Waals surface area contributed by atoms with Crippen LogP contribution in [0.3, 0.4) is 0 Å². The first-order valence-electron chi connectivity index (χ1n) is 4.86. The Morgan fingerprint density at radius 3 is 2.71 bits per heavy atom. The van der Waals surface area contributed by atoms with Crippen LogP contribution >= 0.6 is 11.8 Å². The third kappa shape index (κ3) is 2.88. The molecule has 0 aliphatic heterocycles. The van der Waals surface area contributed by atoms with Crippen molar-refractivity contribution in [3.05, 3.63) is 53.5 Å². The lowest BCUT2D eigenvalue weighted by molar-refractivity contribution is 0.0656. The topological polar surface area (TPSA) is 50.4 Å². The molecule has 88 valence electrons. The second-order valence-electron chi connectivity index (χ2n) is 3.30. The molecule has 5 heteroatoms. The summed E-state index contributed by atoms with van der Waals surface area (Å²) in [7, 11) is 0. The number of benzene rings is 1. The zero-order valence-corrected chi connectivity index (χ0v) is 9.54. The van der Waals surface area contributed by atoms with Crippen LogP contribution < -0.4 is 0 Å². The van der Waals surface area contributed by atoms with Gasteiger partial charge in [0.15, 0.2) is 5.09 Å². The first-order valence-corrected chi connectivity index (χ1v) is 5.84. The van der Waals surface area contributed by atoms with Gasteiger partial charge in [0, 0.05) is 5.75 Å². The van der Waals surface area contributed by atoms with Gasteiger partial charge in [-0.1, -0.05) is 30.0 Å². The van der Waals surface area contributed by atoms with Crippen molar-refractivity contribution in [3.63, 3.8) is 0 Å². The molecule has 1 N–H and O–H groups in total. The molecule has 1 aromatic carbocycles. The largest absolute Gasteiger partial charge is 0.475 e. The van der Waals surface area contributed by atoms with E-state index in [0.29, 0.717) is 16.4 Å². The summed E-state index contributed by atoms with van der Waals surface area (Å²) in [5.74, 6) is -1.09. The number of halogens is 1. The fourth-order valence-electron chi connectivity index (χ4n) is 1.28. The van der Waals surface area contributed by atoms with Gasteiger partial charge in [-0.2, -0.15) is 0 Å². The van der Waals surface area contributed by atoms with E-state index in [1.54, 1.807) is 24.3 Å². The average Bonchev–Trinajstić information content (AvgIpc) is 2.77. The fourth-order valence-corrected chi connectivity index (χ4v) is 2.12. The molecule has 0 atom stereocenters. The lowest BCUT2D eigenvalue weighted by Crippen LogP contribution is -1.91. The maximum atomic E-state index is 13.3. The molecule has 3 nitrogen and oxygen atoms in total. The van der Waals surface area contributed by atoms with E-state index in [1.165, 1.54) is 23.9 Å². The van der Waals surface area contributed by atoms with Crippen LogP contribution in [-0.4, -0.2) is 11.1 Å². The van der Waals surface area contributed by atoms with Crippen LogP contribution in [0.25, 0.3) is 0 Å². The molecule has 2 rings (SSSR count). The number of furan rings is 1. The van der Waals surface area contributed by atoms with E-state index >= 15 is 0 Å². The van der Waals surface area contributed by atoms with Gasteiger partial charge >= 0.3 is 5.97 Å². The zero-order chi connectivity index (χ0) is 12.3. The van der Waals surface area contributed by atoms with E-state index in [-0.39, 0.29) is 11.6 Å². The fraction of sp³-hybridized carbons (Fsp3) is 0.0833. The number of hydrogen-bond donors (Lipinski definition) is 1. The van der Waals surface area contributed by atoms with Gasteiger partial charge < -0.3 is 9.52 Å². The summed E-state index contributed by atoms with van der Waals surface area (Å²) < 4.78 is 18.3. The molecule has 0 radical (unpaired) electrons. The Morgan fingerprint density at radius 1 is 1.29 bits per heavy atom. The second kappa shape index (κ2) is 5.05. The van der Waals surface area contributed by atoms with Crippen molar-refractivity contribution in [1.29, 1.82) is 0 Å². The molecule has 0 saturated carbocycles. The van der Waals surface area contributed by atoms with Gasteiger partial charge in [0.05, 0.1) is 0 Å². The average molecular weight is 252 g/mol. The number of carboxylic acids is 1. The van der Waals surface area contributed by atoms with Crippen molar-refractivity contribution in [3.8, 4) is 0 Å². The van der Waals surface area contributed by atoms with Gasteiger partial charge in [-0.05, 0) is 23.8 Å². The standard InChI is InChI=1S/C12H9FO3S/c13-9-4-2-1-3-8(9)7-17-11-6-5-10(16-11)12(14)15/h1-6H,7H2,(H,14,15). The Hall–Kier alpha value is -1.75. The minimum atomic E-state index is -1.11. The van der Waals surface area contributed by atoms with Gasteiger partial charge in [-0.25, -0.2) is 9.18 Å². The maximum absolute atomic E-state index is 13.3. The Kier molecular flexibility index (Phi) is 3.49. The molecule has 0 amide bonds. The summed E-state index contributed by atoms with van der Waals surface area (Å²) in [6.07, 6.45) is 0.